The van der Waals surface area contributed by atoms with Gasteiger partial charge >= 0.3 is 0 Å². The Labute approximate surface area is 103 Å². The molecule has 0 aliphatic rings. The van der Waals surface area contributed by atoms with Crippen molar-refractivity contribution in [1.29, 1.82) is 0 Å². The molecule has 0 spiro atoms. The van der Waals surface area contributed by atoms with Crippen LogP contribution in [-0.4, -0.2) is 42.1 Å². The molecule has 0 aliphatic carbocycles. The molecule has 0 atom stereocenters. The van der Waals surface area contributed by atoms with Gasteiger partial charge in [-0.15, -0.1) is 0 Å². The lowest BCUT2D eigenvalue weighted by atomic mass is 9.93. The first-order chi connectivity index (χ1) is 7.93. The summed E-state index contributed by atoms with van der Waals surface area (Å²) in [4.78, 5) is 10.3. The number of nitrogens with zero attached hydrogens (tertiary/aromatic N) is 3. The maximum absolute atomic E-state index is 5.26. The fraction of sp³-hybridized carbons (Fsp3) is 0.636. The summed E-state index contributed by atoms with van der Waals surface area (Å²) >= 11 is 0. The molecule has 1 aromatic heterocycles. The first-order valence-corrected chi connectivity index (χ1v) is 5.61. The molecular formula is C11H22N6. The van der Waals surface area contributed by atoms with Crippen LogP contribution >= 0.6 is 0 Å². The maximum Gasteiger partial charge on any atom is 0.239 e. The normalized spacial score (nSPS) is 11.6. The SMILES string of the molecule is CN(C)CC(C)(C)CNc1ccnc(NN)n1. The van der Waals surface area contributed by atoms with E-state index in [0.717, 1.165) is 18.9 Å². The van der Waals surface area contributed by atoms with Crippen molar-refractivity contribution >= 4 is 11.8 Å². The highest BCUT2D eigenvalue weighted by Crippen LogP contribution is 2.17. The lowest BCUT2D eigenvalue weighted by Gasteiger charge is -2.28. The van der Waals surface area contributed by atoms with Gasteiger partial charge in [-0.05, 0) is 25.6 Å². The minimum absolute atomic E-state index is 0.171. The lowest BCUT2D eigenvalue weighted by Crippen LogP contribution is -2.34. The summed E-state index contributed by atoms with van der Waals surface area (Å²) < 4.78 is 0. The highest BCUT2D eigenvalue weighted by molar-refractivity contribution is 5.38. The van der Waals surface area contributed by atoms with Crippen molar-refractivity contribution in [3.05, 3.63) is 12.3 Å². The van der Waals surface area contributed by atoms with Crippen LogP contribution in [0.2, 0.25) is 0 Å². The molecular weight excluding hydrogens is 216 g/mol. The number of nitrogens with two attached hydrogens (primary N) is 1. The van der Waals surface area contributed by atoms with Crippen molar-refractivity contribution in [3.8, 4) is 0 Å². The first-order valence-electron chi connectivity index (χ1n) is 5.61. The average molecular weight is 238 g/mol. The van der Waals surface area contributed by atoms with Crippen molar-refractivity contribution < 1.29 is 0 Å². The Morgan fingerprint density at radius 3 is 2.71 bits per heavy atom. The molecule has 0 amide bonds. The minimum atomic E-state index is 0.171. The molecule has 0 radical (unpaired) electrons. The van der Waals surface area contributed by atoms with Crippen LogP contribution in [0.5, 0.6) is 0 Å². The predicted octanol–water partition coefficient (Wildman–Crippen LogP) is 0.762. The Hall–Kier alpha value is -1.40. The van der Waals surface area contributed by atoms with Crippen LogP contribution in [0, 0.1) is 5.41 Å². The van der Waals surface area contributed by atoms with Crippen molar-refractivity contribution in [3.63, 3.8) is 0 Å². The molecule has 1 rings (SSSR count). The quantitative estimate of drug-likeness (QED) is 0.501. The van der Waals surface area contributed by atoms with Gasteiger partial charge in [0.2, 0.25) is 5.95 Å². The number of rotatable bonds is 6. The fourth-order valence-corrected chi connectivity index (χ4v) is 1.77. The summed E-state index contributed by atoms with van der Waals surface area (Å²) in [6.45, 7) is 6.27. The zero-order chi connectivity index (χ0) is 12.9. The van der Waals surface area contributed by atoms with Crippen molar-refractivity contribution in [2.45, 2.75) is 13.8 Å². The van der Waals surface area contributed by atoms with Crippen LogP contribution in [0.25, 0.3) is 0 Å². The number of hydrazine groups is 1. The molecule has 0 unspecified atom stereocenters. The van der Waals surface area contributed by atoms with E-state index >= 15 is 0 Å². The van der Waals surface area contributed by atoms with Gasteiger partial charge in [0.25, 0.3) is 0 Å². The Kier molecular flexibility index (Phi) is 4.65. The Bertz CT molecular complexity index is 350. The third-order valence-corrected chi connectivity index (χ3v) is 2.28. The number of nitrogens with one attached hydrogen (secondary N) is 2. The fourth-order valence-electron chi connectivity index (χ4n) is 1.77. The smallest absolute Gasteiger partial charge is 0.239 e. The van der Waals surface area contributed by atoms with Crippen molar-refractivity contribution in [1.82, 2.24) is 14.9 Å². The van der Waals surface area contributed by atoms with E-state index in [9.17, 15) is 0 Å². The van der Waals surface area contributed by atoms with Gasteiger partial charge in [0.15, 0.2) is 0 Å². The zero-order valence-corrected chi connectivity index (χ0v) is 11.0. The van der Waals surface area contributed by atoms with Crippen LogP contribution in [0.4, 0.5) is 11.8 Å². The van der Waals surface area contributed by atoms with E-state index in [1.807, 2.05) is 6.07 Å². The number of anilines is 2. The topological polar surface area (TPSA) is 79.1 Å². The summed E-state index contributed by atoms with van der Waals surface area (Å²) in [5.41, 5.74) is 2.60. The molecule has 0 saturated heterocycles. The monoisotopic (exact) mass is 238 g/mol. The lowest BCUT2D eigenvalue weighted by molar-refractivity contribution is 0.254. The minimum Gasteiger partial charge on any atom is -0.369 e. The van der Waals surface area contributed by atoms with Gasteiger partial charge in [0, 0.05) is 19.3 Å². The third-order valence-electron chi connectivity index (χ3n) is 2.28. The highest BCUT2D eigenvalue weighted by atomic mass is 15.3. The Balaban J connectivity index is 2.54. The molecule has 96 valence electrons. The van der Waals surface area contributed by atoms with E-state index in [2.05, 4.69) is 53.6 Å². The van der Waals surface area contributed by atoms with Gasteiger partial charge in [-0.25, -0.2) is 10.8 Å². The molecule has 0 saturated carbocycles. The number of hydrogen-bond donors (Lipinski definition) is 3. The second-order valence-corrected chi connectivity index (χ2v) is 5.17. The highest BCUT2D eigenvalue weighted by Gasteiger charge is 2.18. The third kappa shape index (κ3) is 4.97. The van der Waals surface area contributed by atoms with E-state index in [4.69, 9.17) is 5.84 Å². The van der Waals surface area contributed by atoms with Gasteiger partial charge in [0.1, 0.15) is 5.82 Å². The van der Waals surface area contributed by atoms with E-state index < -0.39 is 0 Å². The molecule has 0 bridgehead atoms. The summed E-state index contributed by atoms with van der Waals surface area (Å²) in [5.74, 6) is 6.45. The molecule has 0 aliphatic heterocycles. The van der Waals surface area contributed by atoms with Crippen LogP contribution in [0.1, 0.15) is 13.8 Å². The van der Waals surface area contributed by atoms with Gasteiger partial charge in [0.05, 0.1) is 0 Å². The Morgan fingerprint density at radius 1 is 1.41 bits per heavy atom. The van der Waals surface area contributed by atoms with Crippen LogP contribution in [-0.2, 0) is 0 Å². The predicted molar refractivity (Wildman–Crippen MR) is 70.7 cm³/mol. The number of nitrogen functional groups attached to an aromatic ring is 1. The summed E-state index contributed by atoms with van der Waals surface area (Å²) in [7, 11) is 4.14. The van der Waals surface area contributed by atoms with Gasteiger partial charge in [-0.1, -0.05) is 13.8 Å². The number of aromatic nitrogens is 2. The molecule has 6 heteroatoms. The average Bonchev–Trinajstić information content (AvgIpc) is 2.25. The van der Waals surface area contributed by atoms with E-state index in [1.54, 1.807) is 6.20 Å². The second kappa shape index (κ2) is 5.79. The van der Waals surface area contributed by atoms with Crippen molar-refractivity contribution in [2.24, 2.45) is 11.3 Å². The van der Waals surface area contributed by atoms with Gasteiger partial charge in [-0.3, -0.25) is 5.43 Å². The summed E-state index contributed by atoms with van der Waals surface area (Å²) in [5, 5.41) is 3.29. The maximum atomic E-state index is 5.26. The van der Waals surface area contributed by atoms with Crippen LogP contribution in [0.3, 0.4) is 0 Å². The first kappa shape index (κ1) is 13.7. The molecule has 1 heterocycles. The number of hydrogen-bond acceptors (Lipinski definition) is 6. The molecule has 1 aromatic rings. The summed E-state index contributed by atoms with van der Waals surface area (Å²) in [6.07, 6.45) is 1.67. The van der Waals surface area contributed by atoms with Gasteiger partial charge < -0.3 is 10.2 Å². The largest absolute Gasteiger partial charge is 0.369 e. The molecule has 0 aromatic carbocycles. The molecule has 17 heavy (non-hydrogen) atoms. The van der Waals surface area contributed by atoms with E-state index in [0.29, 0.717) is 5.95 Å². The standard InChI is InChI=1S/C11H22N6/c1-11(2,8-17(3)4)7-14-9-5-6-13-10(15-9)16-12/h5-6H,7-8,12H2,1-4H3,(H2,13,14,15,16). The van der Waals surface area contributed by atoms with E-state index in [1.165, 1.54) is 0 Å². The summed E-state index contributed by atoms with van der Waals surface area (Å²) in [6, 6.07) is 1.83. The van der Waals surface area contributed by atoms with Crippen LogP contribution < -0.4 is 16.6 Å². The molecule has 6 nitrogen and oxygen atoms in total. The molecule has 4 N–H and O–H groups in total. The molecule has 0 fully saturated rings. The second-order valence-electron chi connectivity index (χ2n) is 5.17. The van der Waals surface area contributed by atoms with E-state index in [-0.39, 0.29) is 5.41 Å². The Morgan fingerprint density at radius 2 is 2.12 bits per heavy atom. The van der Waals surface area contributed by atoms with Crippen LogP contribution in [0.15, 0.2) is 12.3 Å². The van der Waals surface area contributed by atoms with Crippen molar-refractivity contribution in [2.75, 3.05) is 37.9 Å². The van der Waals surface area contributed by atoms with Gasteiger partial charge in [-0.2, -0.15) is 4.98 Å². The zero-order valence-electron chi connectivity index (χ0n) is 11.0.